The highest BCUT2D eigenvalue weighted by Gasteiger charge is 2.20. The van der Waals surface area contributed by atoms with Gasteiger partial charge >= 0.3 is 17.9 Å². The molecule has 0 bridgehead atoms. The van der Waals surface area contributed by atoms with Gasteiger partial charge in [-0.3, -0.25) is 14.4 Å². The van der Waals surface area contributed by atoms with Crippen LogP contribution < -0.4 is 0 Å². The van der Waals surface area contributed by atoms with Gasteiger partial charge in [-0.1, -0.05) is 373 Å². The summed E-state index contributed by atoms with van der Waals surface area (Å²) in [6.07, 6.45) is 86.4. The largest absolute Gasteiger partial charge is 0.462 e. The Bertz CT molecular complexity index is 1310. The number of allylic oxidation sites excluding steroid dienone is 4. The standard InChI is InChI=1S/C75H142O6/c1-4-7-10-13-16-19-22-25-28-31-33-35-37-39-40-42-44-47-50-53-56-59-62-65-68-74(77)80-71-72(70-79-73(76)67-64-61-58-55-52-49-46-30-27-24-21-18-15-12-9-6-3)81-75(78)69-66-63-60-57-54-51-48-45-43-41-38-36-34-32-29-26-23-20-17-14-11-8-5-2/h23,26,32,34,72H,4-22,24-25,27-31,33,35-71H2,1-3H3/b26-23-,34-32-. The van der Waals surface area contributed by atoms with Gasteiger partial charge < -0.3 is 14.2 Å². The first-order chi connectivity index (χ1) is 40.0. The van der Waals surface area contributed by atoms with Crippen LogP contribution in [0.4, 0.5) is 0 Å². The number of unbranched alkanes of at least 4 members (excludes halogenated alkanes) is 54. The van der Waals surface area contributed by atoms with Gasteiger partial charge in [0.1, 0.15) is 13.2 Å². The molecule has 6 heteroatoms. The summed E-state index contributed by atoms with van der Waals surface area (Å²) < 4.78 is 17.0. The Hall–Kier alpha value is -2.11. The van der Waals surface area contributed by atoms with Crippen molar-refractivity contribution in [2.75, 3.05) is 13.2 Å². The van der Waals surface area contributed by atoms with Crippen LogP contribution in [-0.2, 0) is 28.6 Å². The van der Waals surface area contributed by atoms with Crippen LogP contribution in [0.2, 0.25) is 0 Å². The minimum atomic E-state index is -0.770. The summed E-state index contributed by atoms with van der Waals surface area (Å²) in [5, 5.41) is 0. The minimum Gasteiger partial charge on any atom is -0.462 e. The molecule has 81 heavy (non-hydrogen) atoms. The molecule has 0 aromatic heterocycles. The van der Waals surface area contributed by atoms with Gasteiger partial charge in [-0.25, -0.2) is 0 Å². The highest BCUT2D eigenvalue weighted by atomic mass is 16.6. The van der Waals surface area contributed by atoms with Crippen molar-refractivity contribution in [3.05, 3.63) is 24.3 Å². The molecule has 0 aromatic rings. The van der Waals surface area contributed by atoms with E-state index in [1.807, 2.05) is 0 Å². The third-order valence-corrected chi connectivity index (χ3v) is 17.0. The molecular weight excluding hydrogens is 997 g/mol. The Balaban J connectivity index is 4.26. The molecule has 0 rings (SSSR count). The van der Waals surface area contributed by atoms with Crippen LogP contribution >= 0.6 is 0 Å². The molecule has 0 aromatic carbocycles. The second kappa shape index (κ2) is 70.4. The summed E-state index contributed by atoms with van der Waals surface area (Å²) in [7, 11) is 0. The smallest absolute Gasteiger partial charge is 0.306 e. The summed E-state index contributed by atoms with van der Waals surface area (Å²) in [6, 6.07) is 0. The average Bonchev–Trinajstić information content (AvgIpc) is 3.47. The van der Waals surface area contributed by atoms with Gasteiger partial charge in [-0.05, 0) is 51.4 Å². The molecule has 6 nitrogen and oxygen atoms in total. The van der Waals surface area contributed by atoms with Crippen molar-refractivity contribution < 1.29 is 28.6 Å². The lowest BCUT2D eigenvalue weighted by Crippen LogP contribution is -2.30. The summed E-state index contributed by atoms with van der Waals surface area (Å²) in [5.41, 5.74) is 0. The van der Waals surface area contributed by atoms with E-state index in [4.69, 9.17) is 14.2 Å². The Morgan fingerprint density at radius 3 is 0.679 bits per heavy atom. The van der Waals surface area contributed by atoms with Gasteiger partial charge in [0.05, 0.1) is 0 Å². The molecule has 478 valence electrons. The second-order valence-corrected chi connectivity index (χ2v) is 25.2. The van der Waals surface area contributed by atoms with Crippen LogP contribution in [0.15, 0.2) is 24.3 Å². The number of hydrogen-bond donors (Lipinski definition) is 0. The molecular formula is C75H142O6. The second-order valence-electron chi connectivity index (χ2n) is 25.2. The van der Waals surface area contributed by atoms with Crippen molar-refractivity contribution in [3.63, 3.8) is 0 Å². The Morgan fingerprint density at radius 1 is 0.247 bits per heavy atom. The lowest BCUT2D eigenvalue weighted by atomic mass is 10.0. The first-order valence-electron chi connectivity index (χ1n) is 36.8. The molecule has 0 saturated carbocycles. The van der Waals surface area contributed by atoms with Crippen LogP contribution in [-0.4, -0.2) is 37.2 Å². The summed E-state index contributed by atoms with van der Waals surface area (Å²) in [6.45, 7) is 6.72. The molecule has 0 spiro atoms. The molecule has 0 aliphatic rings. The summed E-state index contributed by atoms with van der Waals surface area (Å²) in [5.74, 6) is -0.830. The quantitative estimate of drug-likeness (QED) is 0.0261. The van der Waals surface area contributed by atoms with Crippen LogP contribution in [0, 0.1) is 0 Å². The monoisotopic (exact) mass is 1140 g/mol. The van der Waals surface area contributed by atoms with Gasteiger partial charge in [0, 0.05) is 19.3 Å². The molecule has 0 radical (unpaired) electrons. The van der Waals surface area contributed by atoms with Crippen molar-refractivity contribution in [1.29, 1.82) is 0 Å². The molecule has 0 N–H and O–H groups in total. The van der Waals surface area contributed by atoms with Crippen molar-refractivity contribution in [3.8, 4) is 0 Å². The molecule has 0 heterocycles. The molecule has 1 unspecified atom stereocenters. The lowest BCUT2D eigenvalue weighted by Gasteiger charge is -2.18. The lowest BCUT2D eigenvalue weighted by molar-refractivity contribution is -0.167. The highest BCUT2D eigenvalue weighted by Crippen LogP contribution is 2.19. The third kappa shape index (κ3) is 68.6. The Kier molecular flexibility index (Phi) is 68.5. The number of rotatable bonds is 69. The number of hydrogen-bond acceptors (Lipinski definition) is 6. The number of carbonyl (C=O) groups is 3. The van der Waals surface area contributed by atoms with E-state index < -0.39 is 6.10 Å². The minimum absolute atomic E-state index is 0.0649. The van der Waals surface area contributed by atoms with Gasteiger partial charge in [0.15, 0.2) is 6.10 Å². The van der Waals surface area contributed by atoms with Crippen molar-refractivity contribution in [2.24, 2.45) is 0 Å². The fourth-order valence-electron chi connectivity index (χ4n) is 11.4. The first kappa shape index (κ1) is 78.9. The zero-order valence-corrected chi connectivity index (χ0v) is 55.1. The predicted molar refractivity (Wildman–Crippen MR) is 353 cm³/mol. The summed E-state index contributed by atoms with van der Waals surface area (Å²) >= 11 is 0. The fourth-order valence-corrected chi connectivity index (χ4v) is 11.4. The van der Waals surface area contributed by atoms with Crippen molar-refractivity contribution in [1.82, 2.24) is 0 Å². The zero-order chi connectivity index (χ0) is 58.5. The van der Waals surface area contributed by atoms with Gasteiger partial charge in [0.2, 0.25) is 0 Å². The first-order valence-corrected chi connectivity index (χ1v) is 36.8. The average molecular weight is 1140 g/mol. The van der Waals surface area contributed by atoms with Crippen LogP contribution in [0.5, 0.6) is 0 Å². The van der Waals surface area contributed by atoms with E-state index in [0.29, 0.717) is 19.3 Å². The maximum absolute atomic E-state index is 13.0. The molecule has 1 atom stereocenters. The topological polar surface area (TPSA) is 78.9 Å². The molecule has 0 aliphatic heterocycles. The van der Waals surface area contributed by atoms with Crippen LogP contribution in [0.3, 0.4) is 0 Å². The molecule has 0 aliphatic carbocycles. The normalized spacial score (nSPS) is 12.1. The SMILES string of the molecule is CCCCCCC/C=C\C/C=C\CCCCCCCCCCCCCC(=O)OC(COC(=O)CCCCCCCCCCCCCCCCCC)COC(=O)CCCCCCCCCCCCCCCCCCCCCCCCCC. The van der Waals surface area contributed by atoms with Gasteiger partial charge in [-0.15, -0.1) is 0 Å². The Labute approximate surface area is 506 Å². The van der Waals surface area contributed by atoms with E-state index in [9.17, 15) is 14.4 Å². The zero-order valence-electron chi connectivity index (χ0n) is 55.1. The van der Waals surface area contributed by atoms with E-state index in [1.54, 1.807) is 0 Å². The van der Waals surface area contributed by atoms with Crippen LogP contribution in [0.25, 0.3) is 0 Å². The van der Waals surface area contributed by atoms with Gasteiger partial charge in [0.25, 0.3) is 0 Å². The van der Waals surface area contributed by atoms with E-state index in [2.05, 4.69) is 45.1 Å². The van der Waals surface area contributed by atoms with Crippen molar-refractivity contribution >= 4 is 17.9 Å². The number of carbonyl (C=O) groups excluding carboxylic acids is 3. The van der Waals surface area contributed by atoms with Crippen LogP contribution in [0.1, 0.15) is 419 Å². The highest BCUT2D eigenvalue weighted by molar-refractivity contribution is 5.71. The third-order valence-electron chi connectivity index (χ3n) is 17.0. The molecule has 0 amide bonds. The maximum atomic E-state index is 13.0. The van der Waals surface area contributed by atoms with E-state index in [0.717, 1.165) is 64.2 Å². The van der Waals surface area contributed by atoms with E-state index >= 15 is 0 Å². The Morgan fingerprint density at radius 2 is 0.444 bits per heavy atom. The number of esters is 3. The van der Waals surface area contributed by atoms with Gasteiger partial charge in [-0.2, -0.15) is 0 Å². The predicted octanol–water partition coefficient (Wildman–Crippen LogP) is 25.3. The van der Waals surface area contributed by atoms with Crippen molar-refractivity contribution in [2.45, 2.75) is 425 Å². The fraction of sp³-hybridized carbons (Fsp3) is 0.907. The van der Waals surface area contributed by atoms with E-state index in [1.165, 1.54) is 315 Å². The molecule has 0 saturated heterocycles. The number of ether oxygens (including phenoxy) is 3. The molecule has 0 fully saturated rings. The summed E-state index contributed by atoms with van der Waals surface area (Å²) in [4.78, 5) is 38.5. The maximum Gasteiger partial charge on any atom is 0.306 e. The van der Waals surface area contributed by atoms with E-state index in [-0.39, 0.29) is 31.1 Å².